The Labute approximate surface area is 164 Å². The molecule has 3 aliphatic heterocycles. The Kier molecular flexibility index (Phi) is 4.79. The van der Waals surface area contributed by atoms with E-state index in [1.54, 1.807) is 13.2 Å². The first-order chi connectivity index (χ1) is 13.2. The van der Waals surface area contributed by atoms with Crippen LogP contribution in [0.4, 0.5) is 4.39 Å². The van der Waals surface area contributed by atoms with E-state index in [0.29, 0.717) is 42.0 Å². The lowest BCUT2D eigenvalue weighted by atomic mass is 9.87. The number of carbonyl (C=O) groups excluding carboxylic acids is 1. The summed E-state index contributed by atoms with van der Waals surface area (Å²) in [5.74, 6) is 1.05. The van der Waals surface area contributed by atoms with E-state index in [9.17, 15) is 9.18 Å². The van der Waals surface area contributed by atoms with Gasteiger partial charge in [-0.05, 0) is 39.3 Å². The first-order valence-corrected chi connectivity index (χ1v) is 9.73. The van der Waals surface area contributed by atoms with Gasteiger partial charge >= 0.3 is 0 Å². The summed E-state index contributed by atoms with van der Waals surface area (Å²) in [6, 6.07) is 3.76. The summed E-state index contributed by atoms with van der Waals surface area (Å²) in [5.41, 5.74) is 0.706. The van der Waals surface area contributed by atoms with Crippen LogP contribution in [-0.2, 0) is 11.3 Å². The number of nitrogens with one attached hydrogen (secondary N) is 2. The van der Waals surface area contributed by atoms with Crippen LogP contribution in [0.3, 0.4) is 0 Å². The van der Waals surface area contributed by atoms with Crippen LogP contribution in [0.1, 0.15) is 33.0 Å². The average Bonchev–Trinajstić information content (AvgIpc) is 3.03. The summed E-state index contributed by atoms with van der Waals surface area (Å²) in [4.78, 5) is 24.5. The molecule has 0 saturated carbocycles. The van der Waals surface area contributed by atoms with Crippen LogP contribution in [0.2, 0.25) is 0 Å². The van der Waals surface area contributed by atoms with E-state index in [0.717, 1.165) is 25.3 Å². The van der Waals surface area contributed by atoms with Gasteiger partial charge in [0.15, 0.2) is 0 Å². The zero-order valence-corrected chi connectivity index (χ0v) is 16.9. The number of rotatable bonds is 5. The maximum atomic E-state index is 14.1. The summed E-state index contributed by atoms with van der Waals surface area (Å²) < 4.78 is 19.4. The monoisotopic (exact) mass is 389 g/mol. The van der Waals surface area contributed by atoms with Gasteiger partial charge in [-0.1, -0.05) is 0 Å². The number of methoxy groups -OCH3 is 1. The van der Waals surface area contributed by atoms with E-state index in [2.05, 4.69) is 25.1 Å². The van der Waals surface area contributed by atoms with E-state index < -0.39 is 0 Å². The van der Waals surface area contributed by atoms with Gasteiger partial charge in [-0.3, -0.25) is 14.6 Å². The lowest BCUT2D eigenvalue weighted by molar-refractivity contribution is -0.132. The number of ether oxygens (including phenoxy) is 1. The van der Waals surface area contributed by atoms with E-state index in [4.69, 9.17) is 4.74 Å². The molecule has 5 rings (SSSR count). The highest BCUT2D eigenvalue weighted by molar-refractivity contribution is 5.82. The van der Waals surface area contributed by atoms with Gasteiger partial charge in [0.25, 0.3) is 0 Å². The SMILES string of the molecule is COc1ccc(F)c2[nH]c(CN3CC4CC(C3)N4CC(=O)NC(C)(C)C)nc12. The quantitative estimate of drug-likeness (QED) is 0.817. The summed E-state index contributed by atoms with van der Waals surface area (Å²) in [5, 5.41) is 3.03. The number of imidazole rings is 1. The molecule has 0 radical (unpaired) electrons. The van der Waals surface area contributed by atoms with Crippen LogP contribution < -0.4 is 10.1 Å². The number of amides is 1. The molecule has 2 N–H and O–H groups in total. The Morgan fingerprint density at radius 1 is 1.36 bits per heavy atom. The van der Waals surface area contributed by atoms with Gasteiger partial charge in [0.2, 0.25) is 5.91 Å². The van der Waals surface area contributed by atoms with Gasteiger partial charge in [0.1, 0.15) is 28.4 Å². The largest absolute Gasteiger partial charge is 0.494 e. The third-order valence-corrected chi connectivity index (χ3v) is 5.46. The number of piperazine rings is 1. The summed E-state index contributed by atoms with van der Waals surface area (Å²) in [6.45, 7) is 8.84. The number of benzene rings is 1. The Morgan fingerprint density at radius 3 is 2.71 bits per heavy atom. The van der Waals surface area contributed by atoms with E-state index in [1.807, 2.05) is 20.8 Å². The Morgan fingerprint density at radius 2 is 2.07 bits per heavy atom. The van der Waals surface area contributed by atoms with Crippen molar-refractivity contribution in [3.8, 4) is 5.75 Å². The van der Waals surface area contributed by atoms with Crippen molar-refractivity contribution in [3.63, 3.8) is 0 Å². The predicted molar refractivity (Wildman–Crippen MR) is 105 cm³/mol. The third kappa shape index (κ3) is 3.71. The number of hydrogen-bond donors (Lipinski definition) is 2. The lowest BCUT2D eigenvalue weighted by Crippen LogP contribution is -2.69. The van der Waals surface area contributed by atoms with Crippen LogP contribution in [0, 0.1) is 5.82 Å². The molecule has 1 aromatic carbocycles. The molecule has 152 valence electrons. The van der Waals surface area contributed by atoms with Crippen molar-refractivity contribution in [2.75, 3.05) is 26.7 Å². The molecule has 7 nitrogen and oxygen atoms in total. The normalized spacial score (nSPS) is 22.9. The number of carbonyl (C=O) groups is 1. The molecule has 3 saturated heterocycles. The highest BCUT2D eigenvalue weighted by Crippen LogP contribution is 2.33. The zero-order valence-electron chi connectivity index (χ0n) is 16.9. The number of H-pyrrole nitrogens is 1. The Balaban J connectivity index is 1.38. The van der Waals surface area contributed by atoms with Crippen LogP contribution in [0.5, 0.6) is 5.75 Å². The predicted octanol–water partition coefficient (Wildman–Crippen LogP) is 1.88. The highest BCUT2D eigenvalue weighted by Gasteiger charge is 2.45. The van der Waals surface area contributed by atoms with Crippen LogP contribution in [-0.4, -0.2) is 70.0 Å². The standard InChI is InChI=1S/C20H28FN5O2/c1-20(2,3)24-17(27)11-26-12-7-13(26)9-25(8-12)10-16-22-18-14(21)5-6-15(28-4)19(18)23-16/h5-6,12-13H,7-11H2,1-4H3,(H,22,23)(H,24,27). The Bertz CT molecular complexity index is 879. The van der Waals surface area contributed by atoms with Crippen molar-refractivity contribution in [1.82, 2.24) is 25.1 Å². The molecule has 3 aliphatic rings. The number of nitrogens with zero attached hydrogens (tertiary/aromatic N) is 3. The fourth-order valence-corrected chi connectivity index (χ4v) is 4.32. The molecule has 2 unspecified atom stereocenters. The molecule has 1 aromatic heterocycles. The fourth-order valence-electron chi connectivity index (χ4n) is 4.32. The molecule has 3 fully saturated rings. The second kappa shape index (κ2) is 7.00. The smallest absolute Gasteiger partial charge is 0.234 e. The molecule has 0 aliphatic carbocycles. The first-order valence-electron chi connectivity index (χ1n) is 9.73. The van der Waals surface area contributed by atoms with Gasteiger partial charge in [-0.25, -0.2) is 9.37 Å². The molecular weight excluding hydrogens is 361 g/mol. The van der Waals surface area contributed by atoms with Crippen molar-refractivity contribution in [3.05, 3.63) is 23.8 Å². The molecular formula is C20H28FN5O2. The summed E-state index contributed by atoms with van der Waals surface area (Å²) in [6.07, 6.45) is 1.13. The molecule has 2 atom stereocenters. The molecule has 28 heavy (non-hydrogen) atoms. The number of halogens is 1. The summed E-state index contributed by atoms with van der Waals surface area (Å²) >= 11 is 0. The molecule has 8 heteroatoms. The van der Waals surface area contributed by atoms with Gasteiger partial charge in [-0.15, -0.1) is 0 Å². The van der Waals surface area contributed by atoms with E-state index in [-0.39, 0.29) is 17.3 Å². The van der Waals surface area contributed by atoms with Gasteiger partial charge in [0, 0.05) is 30.7 Å². The number of aromatic nitrogens is 2. The highest BCUT2D eigenvalue weighted by atomic mass is 19.1. The second-order valence-electron chi connectivity index (χ2n) is 8.86. The fraction of sp³-hybridized carbons (Fsp3) is 0.600. The number of fused-ring (bicyclic) bond motifs is 3. The molecule has 2 aromatic rings. The topological polar surface area (TPSA) is 73.5 Å². The van der Waals surface area contributed by atoms with Crippen LogP contribution in [0.25, 0.3) is 11.0 Å². The number of piperidine rings is 1. The third-order valence-electron chi connectivity index (χ3n) is 5.46. The van der Waals surface area contributed by atoms with Crippen LogP contribution in [0.15, 0.2) is 12.1 Å². The maximum absolute atomic E-state index is 14.1. The molecule has 0 spiro atoms. The molecule has 2 bridgehead atoms. The van der Waals surface area contributed by atoms with E-state index >= 15 is 0 Å². The van der Waals surface area contributed by atoms with Gasteiger partial charge < -0.3 is 15.0 Å². The number of hydrogen-bond acceptors (Lipinski definition) is 5. The maximum Gasteiger partial charge on any atom is 0.234 e. The van der Waals surface area contributed by atoms with Crippen molar-refractivity contribution in [1.29, 1.82) is 0 Å². The minimum absolute atomic E-state index is 0.0792. The van der Waals surface area contributed by atoms with Crippen molar-refractivity contribution in [2.24, 2.45) is 0 Å². The van der Waals surface area contributed by atoms with Crippen molar-refractivity contribution >= 4 is 16.9 Å². The van der Waals surface area contributed by atoms with Gasteiger partial charge in [0.05, 0.1) is 20.2 Å². The molecule has 1 amide bonds. The first kappa shape index (κ1) is 19.1. The summed E-state index contributed by atoms with van der Waals surface area (Å²) in [7, 11) is 1.56. The van der Waals surface area contributed by atoms with Crippen molar-refractivity contribution < 1.29 is 13.9 Å². The second-order valence-corrected chi connectivity index (χ2v) is 8.86. The molecule has 4 heterocycles. The van der Waals surface area contributed by atoms with Crippen molar-refractivity contribution in [2.45, 2.75) is 51.4 Å². The average molecular weight is 389 g/mol. The minimum Gasteiger partial charge on any atom is -0.494 e. The van der Waals surface area contributed by atoms with Crippen LogP contribution >= 0.6 is 0 Å². The van der Waals surface area contributed by atoms with Gasteiger partial charge in [-0.2, -0.15) is 0 Å². The number of aromatic amines is 1. The van der Waals surface area contributed by atoms with E-state index in [1.165, 1.54) is 6.07 Å². The minimum atomic E-state index is -0.327. The lowest BCUT2D eigenvalue weighted by Gasteiger charge is -2.56. The Hall–Kier alpha value is -2.19. The zero-order chi connectivity index (χ0) is 20.1.